The van der Waals surface area contributed by atoms with Gasteiger partial charge in [0.25, 0.3) is 0 Å². The van der Waals surface area contributed by atoms with Crippen molar-refractivity contribution in [3.63, 3.8) is 0 Å². The molecule has 6 nitrogen and oxygen atoms in total. The summed E-state index contributed by atoms with van der Waals surface area (Å²) in [6, 6.07) is 9.96. The first-order valence-electron chi connectivity index (χ1n) is 7.82. The molecule has 0 unspecified atom stereocenters. The van der Waals surface area contributed by atoms with Crippen molar-refractivity contribution in [2.45, 2.75) is 17.4 Å². The van der Waals surface area contributed by atoms with Crippen molar-refractivity contribution in [2.24, 2.45) is 0 Å². The normalized spacial score (nSPS) is 12.7. The zero-order valence-corrected chi connectivity index (χ0v) is 15.3. The number of aliphatic hydroxyl groups excluding tert-OH is 1. The van der Waals surface area contributed by atoms with E-state index < -0.39 is 9.84 Å². The molecule has 8 heteroatoms. The SMILES string of the molecule is O=C(CCS(=O)(=O)c1ccccc1)NC[C@H](OCCO)c1ccsc1. The third-order valence-corrected chi connectivity index (χ3v) is 5.94. The van der Waals surface area contributed by atoms with Gasteiger partial charge in [-0.1, -0.05) is 18.2 Å². The predicted molar refractivity (Wildman–Crippen MR) is 96.2 cm³/mol. The van der Waals surface area contributed by atoms with Gasteiger partial charge in [0, 0.05) is 13.0 Å². The van der Waals surface area contributed by atoms with Crippen LogP contribution >= 0.6 is 11.3 Å². The lowest BCUT2D eigenvalue weighted by atomic mass is 10.2. The van der Waals surface area contributed by atoms with Gasteiger partial charge in [-0.25, -0.2) is 8.42 Å². The molecule has 1 heterocycles. The van der Waals surface area contributed by atoms with Crippen LogP contribution in [-0.4, -0.2) is 44.9 Å². The zero-order valence-electron chi connectivity index (χ0n) is 13.6. The van der Waals surface area contributed by atoms with Gasteiger partial charge in [-0.05, 0) is 34.5 Å². The second-order valence-corrected chi connectivity index (χ2v) is 8.21. The third-order valence-electron chi connectivity index (χ3n) is 3.51. The van der Waals surface area contributed by atoms with E-state index in [2.05, 4.69) is 5.32 Å². The summed E-state index contributed by atoms with van der Waals surface area (Å²) in [6.07, 6.45) is -0.485. The first-order chi connectivity index (χ1) is 12.0. The minimum Gasteiger partial charge on any atom is -0.394 e. The van der Waals surface area contributed by atoms with Crippen LogP contribution in [0.25, 0.3) is 0 Å². The van der Waals surface area contributed by atoms with Crippen molar-refractivity contribution >= 4 is 27.1 Å². The molecule has 0 bridgehead atoms. The van der Waals surface area contributed by atoms with E-state index in [1.54, 1.807) is 18.2 Å². The van der Waals surface area contributed by atoms with Crippen LogP contribution in [0.2, 0.25) is 0 Å². The van der Waals surface area contributed by atoms with Crippen LogP contribution in [-0.2, 0) is 19.4 Å². The fourth-order valence-electron chi connectivity index (χ4n) is 2.19. The Balaban J connectivity index is 1.85. The van der Waals surface area contributed by atoms with Crippen LogP contribution in [0.5, 0.6) is 0 Å². The Morgan fingerprint density at radius 3 is 2.64 bits per heavy atom. The number of carbonyl (C=O) groups excluding carboxylic acids is 1. The lowest BCUT2D eigenvalue weighted by Gasteiger charge is -2.17. The number of rotatable bonds is 10. The summed E-state index contributed by atoms with van der Waals surface area (Å²) in [4.78, 5) is 12.2. The Kier molecular flexibility index (Phi) is 7.57. The smallest absolute Gasteiger partial charge is 0.221 e. The van der Waals surface area contributed by atoms with E-state index in [1.165, 1.54) is 23.5 Å². The maximum absolute atomic E-state index is 12.2. The fourth-order valence-corrected chi connectivity index (χ4v) is 4.16. The lowest BCUT2D eigenvalue weighted by molar-refractivity contribution is -0.121. The van der Waals surface area contributed by atoms with Crippen LogP contribution in [0.15, 0.2) is 52.1 Å². The molecule has 1 aromatic carbocycles. The number of benzene rings is 1. The Labute approximate surface area is 151 Å². The second kappa shape index (κ2) is 9.67. The summed E-state index contributed by atoms with van der Waals surface area (Å²) < 4.78 is 29.9. The molecular weight excluding hydrogens is 362 g/mol. The van der Waals surface area contributed by atoms with Crippen LogP contribution in [0.1, 0.15) is 18.1 Å². The van der Waals surface area contributed by atoms with Crippen molar-refractivity contribution in [1.82, 2.24) is 5.32 Å². The molecule has 2 aromatic rings. The number of aliphatic hydroxyl groups is 1. The highest BCUT2D eigenvalue weighted by molar-refractivity contribution is 7.91. The molecule has 25 heavy (non-hydrogen) atoms. The van der Waals surface area contributed by atoms with Gasteiger partial charge >= 0.3 is 0 Å². The first-order valence-corrected chi connectivity index (χ1v) is 10.4. The van der Waals surface area contributed by atoms with Gasteiger partial charge in [0.05, 0.1) is 23.9 Å². The fraction of sp³-hybridized carbons (Fsp3) is 0.353. The molecule has 0 saturated carbocycles. The van der Waals surface area contributed by atoms with Gasteiger partial charge in [0.1, 0.15) is 6.10 Å². The molecule has 1 amide bonds. The van der Waals surface area contributed by atoms with Crippen LogP contribution < -0.4 is 5.32 Å². The monoisotopic (exact) mass is 383 g/mol. The highest BCUT2D eigenvalue weighted by Gasteiger charge is 2.18. The molecule has 1 aromatic heterocycles. The Morgan fingerprint density at radius 2 is 2.00 bits per heavy atom. The largest absolute Gasteiger partial charge is 0.394 e. The van der Waals surface area contributed by atoms with E-state index in [0.717, 1.165) is 5.56 Å². The van der Waals surface area contributed by atoms with Crippen LogP contribution in [0, 0.1) is 0 Å². The van der Waals surface area contributed by atoms with Crippen molar-refractivity contribution in [3.8, 4) is 0 Å². The molecule has 136 valence electrons. The molecule has 0 fully saturated rings. The van der Waals surface area contributed by atoms with Crippen LogP contribution in [0.3, 0.4) is 0 Å². The van der Waals surface area contributed by atoms with E-state index in [-0.39, 0.29) is 48.8 Å². The quantitative estimate of drug-likeness (QED) is 0.652. The molecule has 0 spiro atoms. The number of ether oxygens (including phenoxy) is 1. The van der Waals surface area contributed by atoms with E-state index in [4.69, 9.17) is 9.84 Å². The maximum atomic E-state index is 12.2. The summed E-state index contributed by atoms with van der Waals surface area (Å²) >= 11 is 1.51. The van der Waals surface area contributed by atoms with Crippen LogP contribution in [0.4, 0.5) is 0 Å². The third kappa shape index (κ3) is 6.24. The summed E-state index contributed by atoms with van der Waals surface area (Å²) in [5, 5.41) is 15.4. The van der Waals surface area contributed by atoms with Gasteiger partial charge in [-0.2, -0.15) is 11.3 Å². The highest BCUT2D eigenvalue weighted by atomic mass is 32.2. The summed E-state index contributed by atoms with van der Waals surface area (Å²) in [6.45, 7) is 0.281. The molecule has 0 aliphatic rings. The summed E-state index contributed by atoms with van der Waals surface area (Å²) in [5.41, 5.74) is 0.913. The average molecular weight is 383 g/mol. The van der Waals surface area contributed by atoms with E-state index in [0.29, 0.717) is 0 Å². The molecule has 2 rings (SSSR count). The molecule has 0 aliphatic carbocycles. The number of nitrogens with one attached hydrogen (secondary N) is 1. The number of thiophene rings is 1. The predicted octanol–water partition coefficient (Wildman–Crippen LogP) is 1.78. The maximum Gasteiger partial charge on any atom is 0.221 e. The van der Waals surface area contributed by atoms with E-state index in [1.807, 2.05) is 16.8 Å². The average Bonchev–Trinajstić information content (AvgIpc) is 3.15. The molecule has 2 N–H and O–H groups in total. The van der Waals surface area contributed by atoms with Crippen molar-refractivity contribution in [3.05, 3.63) is 52.7 Å². The van der Waals surface area contributed by atoms with Crippen molar-refractivity contribution in [1.29, 1.82) is 0 Å². The van der Waals surface area contributed by atoms with E-state index in [9.17, 15) is 13.2 Å². The number of carbonyl (C=O) groups is 1. The lowest BCUT2D eigenvalue weighted by Crippen LogP contribution is -2.31. The molecule has 0 aliphatic heterocycles. The molecule has 1 atom stereocenters. The topological polar surface area (TPSA) is 92.7 Å². The van der Waals surface area contributed by atoms with Crippen molar-refractivity contribution in [2.75, 3.05) is 25.5 Å². The molecular formula is C17H21NO5S2. The minimum absolute atomic E-state index is 0.107. The zero-order chi connectivity index (χ0) is 18.1. The standard InChI is InChI=1S/C17H21NO5S2/c19-8-9-23-16(14-6-10-24-13-14)12-18-17(20)7-11-25(21,22)15-4-2-1-3-5-15/h1-6,10,13,16,19H,7-9,11-12H2,(H,18,20)/t16-/m0/s1. The van der Waals surface area contributed by atoms with Crippen molar-refractivity contribution < 1.29 is 23.1 Å². The minimum atomic E-state index is -3.47. The first kappa shape index (κ1) is 19.6. The Morgan fingerprint density at radius 1 is 1.24 bits per heavy atom. The molecule has 0 saturated heterocycles. The van der Waals surface area contributed by atoms with Gasteiger partial charge < -0.3 is 15.2 Å². The van der Waals surface area contributed by atoms with Gasteiger partial charge in [0.15, 0.2) is 9.84 Å². The highest BCUT2D eigenvalue weighted by Crippen LogP contribution is 2.19. The summed E-state index contributed by atoms with van der Waals surface area (Å²) in [7, 11) is -3.47. The number of sulfone groups is 1. The number of hydrogen-bond acceptors (Lipinski definition) is 6. The summed E-state index contributed by atoms with van der Waals surface area (Å²) in [5.74, 6) is -0.601. The van der Waals surface area contributed by atoms with Gasteiger partial charge in [-0.3, -0.25) is 4.79 Å². The Hall–Kier alpha value is -1.74. The molecule has 0 radical (unpaired) electrons. The van der Waals surface area contributed by atoms with E-state index >= 15 is 0 Å². The number of amides is 1. The van der Waals surface area contributed by atoms with Gasteiger partial charge in [-0.15, -0.1) is 0 Å². The van der Waals surface area contributed by atoms with Gasteiger partial charge in [0.2, 0.25) is 5.91 Å². The number of hydrogen-bond donors (Lipinski definition) is 2. The Bertz CT molecular complexity index is 745. The second-order valence-electron chi connectivity index (χ2n) is 5.33.